The van der Waals surface area contributed by atoms with Crippen LogP contribution in [0.25, 0.3) is 0 Å². The van der Waals surface area contributed by atoms with E-state index in [9.17, 15) is 9.46 Å². The van der Waals surface area contributed by atoms with E-state index in [1.165, 1.54) is 12.8 Å². The highest BCUT2D eigenvalue weighted by Gasteiger charge is 2.34. The second-order valence-electron chi connectivity index (χ2n) is 4.65. The first-order valence-electron chi connectivity index (χ1n) is 6.20. The van der Waals surface area contributed by atoms with Gasteiger partial charge in [-0.05, 0) is 12.3 Å². The highest BCUT2D eigenvalue weighted by Crippen LogP contribution is 2.47. The first kappa shape index (κ1) is 17.0. The van der Waals surface area contributed by atoms with E-state index < -0.39 is 13.2 Å². The molecule has 0 spiro atoms. The number of nitrogens with one attached hydrogen (secondary N) is 1. The van der Waals surface area contributed by atoms with Crippen LogP contribution < -0.4 is 11.1 Å². The fraction of sp³-hybridized carbons (Fsp3) is 0.909. The Hall–Kier alpha value is 0.0400. The van der Waals surface area contributed by atoms with Crippen LogP contribution in [0.1, 0.15) is 46.5 Å². The molecular weight excluding hydrogens is 255 g/mol. The van der Waals surface area contributed by atoms with Gasteiger partial charge in [0.2, 0.25) is 0 Å². The fourth-order valence-electron chi connectivity index (χ4n) is 1.40. The van der Waals surface area contributed by atoms with E-state index in [1.54, 1.807) is 0 Å². The average Bonchev–Trinajstić information content (AvgIpc) is 2.27. The van der Waals surface area contributed by atoms with Crippen LogP contribution in [-0.4, -0.2) is 22.0 Å². The molecule has 2 atom stereocenters. The highest BCUT2D eigenvalue weighted by molar-refractivity contribution is 7.99. The van der Waals surface area contributed by atoms with Gasteiger partial charge in [-0.2, -0.15) is 0 Å². The van der Waals surface area contributed by atoms with Gasteiger partial charge < -0.3 is 15.9 Å². The second kappa shape index (κ2) is 8.20. The summed E-state index contributed by atoms with van der Waals surface area (Å²) in [5, 5.41) is 2.86. The van der Waals surface area contributed by atoms with Crippen LogP contribution in [0.15, 0.2) is 0 Å². The summed E-state index contributed by atoms with van der Waals surface area (Å²) < 4.78 is 12.0. The van der Waals surface area contributed by atoms with Gasteiger partial charge in [0.1, 0.15) is 0 Å². The summed E-state index contributed by atoms with van der Waals surface area (Å²) >= 11 is 4.96. The number of hydrogen-bond acceptors (Lipinski definition) is 3. The van der Waals surface area contributed by atoms with Crippen LogP contribution in [0, 0.1) is 5.92 Å². The molecule has 0 fully saturated rings. The molecule has 17 heavy (non-hydrogen) atoms. The van der Waals surface area contributed by atoms with E-state index >= 15 is 0 Å². The predicted molar refractivity (Wildman–Crippen MR) is 77.4 cm³/mol. The maximum Gasteiger partial charge on any atom is 0.272 e. The third-order valence-electron chi connectivity index (χ3n) is 2.68. The van der Waals surface area contributed by atoms with Gasteiger partial charge in [-0.25, -0.2) is 0 Å². The van der Waals surface area contributed by atoms with E-state index in [0.717, 1.165) is 12.8 Å². The molecule has 0 amide bonds. The van der Waals surface area contributed by atoms with Gasteiger partial charge >= 0.3 is 0 Å². The smallest absolute Gasteiger partial charge is 0.272 e. The first-order valence-corrected chi connectivity index (χ1v) is 8.34. The van der Waals surface area contributed by atoms with Gasteiger partial charge in [-0.3, -0.25) is 4.57 Å². The van der Waals surface area contributed by atoms with Crippen molar-refractivity contribution in [2.45, 2.75) is 52.2 Å². The molecule has 0 bridgehead atoms. The zero-order chi connectivity index (χ0) is 13.5. The topological polar surface area (TPSA) is 75.3 Å². The molecule has 4 N–H and O–H groups in total. The van der Waals surface area contributed by atoms with Gasteiger partial charge in [0.15, 0.2) is 4.73 Å². The van der Waals surface area contributed by atoms with Crippen molar-refractivity contribution in [3.05, 3.63) is 0 Å². The Labute approximate surface area is 110 Å². The average molecular weight is 280 g/mol. The number of rotatable bonds is 8. The number of unbranched alkanes of at least 4 members (excludes halogenated alkanes) is 3. The fourth-order valence-corrected chi connectivity index (χ4v) is 3.28. The highest BCUT2D eigenvalue weighted by atomic mass is 32.1. The van der Waals surface area contributed by atoms with Crippen molar-refractivity contribution >= 4 is 24.3 Å². The Morgan fingerprint density at radius 1 is 1.41 bits per heavy atom. The van der Waals surface area contributed by atoms with Gasteiger partial charge in [0, 0.05) is 6.54 Å². The van der Waals surface area contributed by atoms with Crippen molar-refractivity contribution in [1.82, 2.24) is 5.32 Å². The number of nitrogens with two attached hydrogens (primary N) is 1. The third-order valence-corrected chi connectivity index (χ3v) is 5.76. The van der Waals surface area contributed by atoms with Crippen LogP contribution in [0.5, 0.6) is 0 Å². The lowest BCUT2D eigenvalue weighted by molar-refractivity contribution is 0.453. The monoisotopic (exact) mass is 280 g/mol. The van der Waals surface area contributed by atoms with Crippen LogP contribution in [0.3, 0.4) is 0 Å². The van der Waals surface area contributed by atoms with Crippen molar-refractivity contribution in [2.24, 2.45) is 11.7 Å². The lowest BCUT2D eigenvalue weighted by Crippen LogP contribution is -2.34. The standard InChI is InChI=1S/C11H25N2O2PS/c1-4-5-6-7-8-13-11(17)16(14,15)10(12)9(2)3/h9-10H,4-8,12H2,1-3H3,(H,13,17)(H,14,15). The quantitative estimate of drug-likeness (QED) is 0.362. The summed E-state index contributed by atoms with van der Waals surface area (Å²) in [6.07, 6.45) is 4.42. The third kappa shape index (κ3) is 5.96. The lowest BCUT2D eigenvalue weighted by Gasteiger charge is -2.23. The lowest BCUT2D eigenvalue weighted by atomic mass is 10.2. The minimum atomic E-state index is -3.59. The predicted octanol–water partition coefficient (Wildman–Crippen LogP) is 2.65. The molecule has 0 aromatic rings. The maximum atomic E-state index is 12.0. The Kier molecular flexibility index (Phi) is 8.22. The minimum Gasteiger partial charge on any atom is -0.372 e. The molecule has 0 rings (SSSR count). The zero-order valence-electron chi connectivity index (χ0n) is 11.0. The summed E-state index contributed by atoms with van der Waals surface area (Å²) in [5.74, 6) is -0.844. The molecule has 6 heteroatoms. The molecular formula is C11H25N2O2PS. The first-order chi connectivity index (χ1) is 7.84. The summed E-state index contributed by atoms with van der Waals surface area (Å²) in [6, 6.07) is 0. The van der Waals surface area contributed by atoms with Crippen LogP contribution >= 0.6 is 19.6 Å². The molecule has 0 saturated carbocycles. The molecule has 0 saturated heterocycles. The maximum absolute atomic E-state index is 12.0. The van der Waals surface area contributed by atoms with Crippen LogP contribution in [0.4, 0.5) is 0 Å². The molecule has 0 aromatic heterocycles. The van der Waals surface area contributed by atoms with Gasteiger partial charge in [0.25, 0.3) is 7.37 Å². The summed E-state index contributed by atoms with van der Waals surface area (Å²) in [6.45, 7) is 6.42. The van der Waals surface area contributed by atoms with Crippen molar-refractivity contribution in [1.29, 1.82) is 0 Å². The van der Waals surface area contributed by atoms with Gasteiger partial charge in [-0.1, -0.05) is 52.3 Å². The summed E-state index contributed by atoms with van der Waals surface area (Å²) in [5.41, 5.74) is 5.71. The molecule has 0 aliphatic rings. The molecule has 0 radical (unpaired) electrons. The van der Waals surface area contributed by atoms with E-state index in [2.05, 4.69) is 12.2 Å². The molecule has 2 unspecified atom stereocenters. The SMILES string of the molecule is CCCCCCNC(=S)P(=O)(O)C(N)C(C)C. The van der Waals surface area contributed by atoms with Gasteiger partial charge in [-0.15, -0.1) is 0 Å². The zero-order valence-corrected chi connectivity index (χ0v) is 12.7. The summed E-state index contributed by atoms with van der Waals surface area (Å²) in [4.78, 5) is 9.85. The van der Waals surface area contributed by atoms with Gasteiger partial charge in [0.05, 0.1) is 5.78 Å². The molecule has 0 aromatic carbocycles. The Morgan fingerprint density at radius 3 is 2.47 bits per heavy atom. The van der Waals surface area contributed by atoms with Crippen molar-refractivity contribution < 1.29 is 9.46 Å². The van der Waals surface area contributed by atoms with E-state index in [4.69, 9.17) is 18.0 Å². The van der Waals surface area contributed by atoms with E-state index in [-0.39, 0.29) is 10.6 Å². The number of thiocarbonyl (C=S) groups is 1. The Morgan fingerprint density at radius 2 is 2.00 bits per heavy atom. The van der Waals surface area contributed by atoms with Crippen LogP contribution in [-0.2, 0) is 4.57 Å². The Bertz CT molecular complexity index is 285. The van der Waals surface area contributed by atoms with Crippen molar-refractivity contribution in [2.75, 3.05) is 6.54 Å². The van der Waals surface area contributed by atoms with E-state index in [1.807, 2.05) is 13.8 Å². The molecule has 0 aliphatic heterocycles. The van der Waals surface area contributed by atoms with Crippen molar-refractivity contribution in [3.63, 3.8) is 0 Å². The van der Waals surface area contributed by atoms with Crippen molar-refractivity contribution in [3.8, 4) is 0 Å². The molecule has 102 valence electrons. The molecule has 4 nitrogen and oxygen atoms in total. The molecule has 0 aliphatic carbocycles. The second-order valence-corrected chi connectivity index (χ2v) is 7.65. The van der Waals surface area contributed by atoms with Crippen LogP contribution in [0.2, 0.25) is 0 Å². The Balaban J connectivity index is 4.08. The van der Waals surface area contributed by atoms with E-state index in [0.29, 0.717) is 6.54 Å². The molecule has 0 heterocycles. The summed E-state index contributed by atoms with van der Waals surface area (Å²) in [7, 11) is -3.59. The largest absolute Gasteiger partial charge is 0.372 e. The number of hydrogen-bond donors (Lipinski definition) is 3. The minimum absolute atomic E-state index is 0.0233. The normalized spacial score (nSPS) is 16.6.